The Morgan fingerprint density at radius 3 is 2.43 bits per heavy atom. The number of nitrogens with zero attached hydrogens (tertiary/aromatic N) is 2. The van der Waals surface area contributed by atoms with Crippen LogP contribution in [-0.2, 0) is 21.9 Å². The van der Waals surface area contributed by atoms with E-state index in [0.717, 1.165) is 4.31 Å². The summed E-state index contributed by atoms with van der Waals surface area (Å²) >= 11 is 0. The van der Waals surface area contributed by atoms with Gasteiger partial charge in [0.05, 0.1) is 6.42 Å². The summed E-state index contributed by atoms with van der Waals surface area (Å²) in [6.07, 6.45) is 0.980. The average Bonchev–Trinajstić information content (AvgIpc) is 2.71. The second-order valence-electron chi connectivity index (χ2n) is 4.69. The Kier molecular flexibility index (Phi) is 5.13. The largest absolute Gasteiger partial charge is 0.481 e. The first kappa shape index (κ1) is 17.2. The van der Waals surface area contributed by atoms with Crippen molar-refractivity contribution in [3.63, 3.8) is 0 Å². The molecule has 1 amide bonds. The normalized spacial score (nSPS) is 13.3. The summed E-state index contributed by atoms with van der Waals surface area (Å²) in [5.41, 5.74) is 5.22. The molecule has 0 fully saturated rings. The van der Waals surface area contributed by atoms with Gasteiger partial charge in [0.1, 0.15) is 10.6 Å². The van der Waals surface area contributed by atoms with E-state index < -0.39 is 27.9 Å². The van der Waals surface area contributed by atoms with Crippen molar-refractivity contribution in [1.29, 1.82) is 0 Å². The molecule has 0 bridgehead atoms. The average molecular weight is 317 g/mol. The first-order valence-corrected chi connectivity index (χ1v) is 7.75. The monoisotopic (exact) mass is 317 g/mol. The van der Waals surface area contributed by atoms with Crippen LogP contribution in [0.3, 0.4) is 0 Å². The van der Waals surface area contributed by atoms with Crippen LogP contribution in [0.4, 0.5) is 0 Å². The van der Waals surface area contributed by atoms with Crippen molar-refractivity contribution >= 4 is 21.9 Å². The van der Waals surface area contributed by atoms with Crippen LogP contribution in [0, 0.1) is 0 Å². The number of carbonyl (C=O) groups is 2. The van der Waals surface area contributed by atoms with Crippen LogP contribution in [0.25, 0.3) is 0 Å². The highest BCUT2D eigenvalue weighted by atomic mass is 32.2. The predicted octanol–water partition coefficient (Wildman–Crippen LogP) is -0.00220. The molecule has 118 valence electrons. The van der Waals surface area contributed by atoms with E-state index in [2.05, 4.69) is 0 Å². The van der Waals surface area contributed by atoms with Gasteiger partial charge in [-0.2, -0.15) is 4.31 Å². The molecule has 1 heterocycles. The minimum atomic E-state index is -3.89. The molecule has 0 aliphatic carbocycles. The highest BCUT2D eigenvalue weighted by Crippen LogP contribution is 2.21. The smallest absolute Gasteiger partial charge is 0.304 e. The molecular formula is C12H19N3O5S. The third kappa shape index (κ3) is 3.61. The third-order valence-corrected chi connectivity index (χ3v) is 5.17. The zero-order valence-electron chi connectivity index (χ0n) is 12.1. The summed E-state index contributed by atoms with van der Waals surface area (Å²) in [5, 5.41) is 8.80. The van der Waals surface area contributed by atoms with Gasteiger partial charge in [0, 0.05) is 25.8 Å². The van der Waals surface area contributed by atoms with Gasteiger partial charge in [-0.3, -0.25) is 9.59 Å². The van der Waals surface area contributed by atoms with E-state index in [4.69, 9.17) is 10.8 Å². The molecule has 1 aromatic rings. The number of primary amides is 1. The summed E-state index contributed by atoms with van der Waals surface area (Å²) in [4.78, 5) is 21.9. The molecule has 0 saturated carbocycles. The number of rotatable bonds is 7. The Balaban J connectivity index is 3.21. The Morgan fingerprint density at radius 1 is 1.48 bits per heavy atom. The number of amides is 1. The molecule has 1 rings (SSSR count). The maximum Gasteiger partial charge on any atom is 0.304 e. The van der Waals surface area contributed by atoms with Gasteiger partial charge >= 0.3 is 5.97 Å². The lowest BCUT2D eigenvalue weighted by atomic mass is 10.2. The fourth-order valence-corrected chi connectivity index (χ4v) is 3.84. The van der Waals surface area contributed by atoms with E-state index in [1.54, 1.807) is 6.92 Å². The highest BCUT2D eigenvalue weighted by molar-refractivity contribution is 7.89. The molecule has 0 aliphatic heterocycles. The van der Waals surface area contributed by atoms with E-state index in [0.29, 0.717) is 0 Å². The van der Waals surface area contributed by atoms with Crippen LogP contribution >= 0.6 is 0 Å². The molecule has 8 nitrogen and oxygen atoms in total. The molecule has 1 unspecified atom stereocenters. The zero-order valence-corrected chi connectivity index (χ0v) is 12.9. The quantitative estimate of drug-likeness (QED) is 0.732. The van der Waals surface area contributed by atoms with E-state index in [-0.39, 0.29) is 23.6 Å². The van der Waals surface area contributed by atoms with Gasteiger partial charge in [-0.15, -0.1) is 0 Å². The van der Waals surface area contributed by atoms with Crippen molar-refractivity contribution in [1.82, 2.24) is 8.87 Å². The number of hydrogen-bond acceptors (Lipinski definition) is 4. The Bertz CT molecular complexity index is 650. The highest BCUT2D eigenvalue weighted by Gasteiger charge is 2.30. The molecule has 0 saturated heterocycles. The number of sulfonamides is 1. The zero-order chi connectivity index (χ0) is 16.4. The maximum absolute atomic E-state index is 12.5. The Labute approximate surface area is 123 Å². The van der Waals surface area contributed by atoms with Gasteiger partial charge < -0.3 is 15.4 Å². The fraction of sp³-hybridized carbons (Fsp3) is 0.500. The third-order valence-electron chi connectivity index (χ3n) is 3.11. The van der Waals surface area contributed by atoms with Crippen LogP contribution < -0.4 is 5.73 Å². The minimum Gasteiger partial charge on any atom is -0.481 e. The Hall–Kier alpha value is -1.87. The number of aryl methyl sites for hydroxylation is 1. The van der Waals surface area contributed by atoms with E-state index in [1.165, 1.54) is 30.8 Å². The van der Waals surface area contributed by atoms with Crippen LogP contribution in [0.2, 0.25) is 0 Å². The van der Waals surface area contributed by atoms with Gasteiger partial charge in [-0.05, 0) is 13.0 Å². The summed E-state index contributed by atoms with van der Waals surface area (Å²) in [6.45, 7) is 3.26. The van der Waals surface area contributed by atoms with Gasteiger partial charge in [-0.1, -0.05) is 6.92 Å². The van der Waals surface area contributed by atoms with Crippen molar-refractivity contribution in [2.24, 2.45) is 12.8 Å². The number of carboxylic acid groups (broad SMARTS) is 1. The van der Waals surface area contributed by atoms with Crippen molar-refractivity contribution in [3.8, 4) is 0 Å². The number of nitrogens with two attached hydrogens (primary N) is 1. The van der Waals surface area contributed by atoms with Gasteiger partial charge in [-0.25, -0.2) is 8.42 Å². The summed E-state index contributed by atoms with van der Waals surface area (Å²) < 4.78 is 27.5. The SMILES string of the molecule is CCN(C(C)CC(=O)O)S(=O)(=O)c1cc(C(N)=O)n(C)c1. The lowest BCUT2D eigenvalue weighted by Gasteiger charge is -2.25. The summed E-state index contributed by atoms with van der Waals surface area (Å²) in [6, 6.07) is 0.489. The molecule has 0 aromatic carbocycles. The maximum atomic E-state index is 12.5. The fourth-order valence-electron chi connectivity index (χ4n) is 2.13. The lowest BCUT2D eigenvalue weighted by Crippen LogP contribution is -2.39. The van der Waals surface area contributed by atoms with Crippen LogP contribution in [0.15, 0.2) is 17.2 Å². The second-order valence-corrected chi connectivity index (χ2v) is 6.58. The molecule has 0 aliphatic rings. The van der Waals surface area contributed by atoms with Crippen LogP contribution in [0.5, 0.6) is 0 Å². The Morgan fingerprint density at radius 2 is 2.05 bits per heavy atom. The van der Waals surface area contributed by atoms with E-state index in [9.17, 15) is 18.0 Å². The standard InChI is InChI=1S/C12H19N3O5S/c1-4-15(8(2)5-11(16)17)21(19,20)9-6-10(12(13)18)14(3)7-9/h6-8H,4-5H2,1-3H3,(H2,13,18)(H,16,17). The van der Waals surface area contributed by atoms with Gasteiger partial charge in [0.15, 0.2) is 0 Å². The topological polar surface area (TPSA) is 123 Å². The van der Waals surface area contributed by atoms with Crippen LogP contribution in [-0.4, -0.2) is 46.9 Å². The molecular weight excluding hydrogens is 298 g/mol. The summed E-state index contributed by atoms with van der Waals surface area (Å²) in [7, 11) is -2.38. The van der Waals surface area contributed by atoms with Gasteiger partial charge in [0.2, 0.25) is 10.0 Å². The predicted molar refractivity (Wildman–Crippen MR) is 75.2 cm³/mol. The van der Waals surface area contributed by atoms with E-state index >= 15 is 0 Å². The second kappa shape index (κ2) is 6.27. The molecule has 1 atom stereocenters. The van der Waals surface area contributed by atoms with Crippen molar-refractivity contribution in [3.05, 3.63) is 18.0 Å². The number of aliphatic carboxylic acids is 1. The molecule has 0 spiro atoms. The number of carboxylic acids is 1. The van der Waals surface area contributed by atoms with Crippen molar-refractivity contribution in [2.45, 2.75) is 31.2 Å². The van der Waals surface area contributed by atoms with E-state index in [1.807, 2.05) is 0 Å². The molecule has 21 heavy (non-hydrogen) atoms. The van der Waals surface area contributed by atoms with Gasteiger partial charge in [0.25, 0.3) is 5.91 Å². The van der Waals surface area contributed by atoms with Crippen molar-refractivity contribution < 1.29 is 23.1 Å². The van der Waals surface area contributed by atoms with Crippen LogP contribution in [0.1, 0.15) is 30.8 Å². The first-order valence-electron chi connectivity index (χ1n) is 6.31. The summed E-state index contributed by atoms with van der Waals surface area (Å²) in [5.74, 6) is -1.82. The molecule has 3 N–H and O–H groups in total. The molecule has 9 heteroatoms. The van der Waals surface area contributed by atoms with Crippen molar-refractivity contribution in [2.75, 3.05) is 6.54 Å². The number of hydrogen-bond donors (Lipinski definition) is 2. The number of carbonyl (C=O) groups excluding carboxylic acids is 1. The first-order chi connectivity index (χ1) is 9.61. The number of aromatic nitrogens is 1. The molecule has 0 radical (unpaired) electrons. The molecule has 1 aromatic heterocycles. The minimum absolute atomic E-state index is 0.0653. The lowest BCUT2D eigenvalue weighted by molar-refractivity contribution is -0.137.